The summed E-state index contributed by atoms with van der Waals surface area (Å²) in [6.45, 7) is 0. The van der Waals surface area contributed by atoms with Gasteiger partial charge in [0.2, 0.25) is 0 Å². The lowest BCUT2D eigenvalue weighted by Gasteiger charge is -2.12. The number of rotatable bonds is 5. The van der Waals surface area contributed by atoms with Crippen LogP contribution in [-0.2, 0) is 6.18 Å². The minimum atomic E-state index is -4.43. The van der Waals surface area contributed by atoms with E-state index in [2.05, 4.69) is 0 Å². The number of hydrogen-bond acceptors (Lipinski definition) is 4. The highest BCUT2D eigenvalue weighted by molar-refractivity contribution is 5.91. The largest absolute Gasteiger partial charge is 0.496 e. The van der Waals surface area contributed by atoms with Gasteiger partial charge in [-0.3, -0.25) is 0 Å². The summed E-state index contributed by atoms with van der Waals surface area (Å²) < 4.78 is 53.8. The number of alkyl halides is 3. The standard InChI is InChI=1S/C19H16F3NO3/c1-24-16-10-18(26-3)17(25-2)9-13(16)8-14(11-23)12-4-6-15(7-5-12)19(20,21)22/h4-10H,1-3H3/b14-8+. The van der Waals surface area contributed by atoms with Gasteiger partial charge >= 0.3 is 6.18 Å². The number of ether oxygens (including phenoxy) is 3. The van der Waals surface area contributed by atoms with Crippen molar-refractivity contribution in [1.82, 2.24) is 0 Å². The van der Waals surface area contributed by atoms with E-state index in [1.165, 1.54) is 39.5 Å². The average molecular weight is 363 g/mol. The van der Waals surface area contributed by atoms with Crippen molar-refractivity contribution in [2.75, 3.05) is 21.3 Å². The van der Waals surface area contributed by atoms with Crippen LogP contribution >= 0.6 is 0 Å². The van der Waals surface area contributed by atoms with Gasteiger partial charge in [0.1, 0.15) is 5.75 Å². The smallest absolute Gasteiger partial charge is 0.416 e. The lowest BCUT2D eigenvalue weighted by atomic mass is 10.0. The van der Waals surface area contributed by atoms with Crippen LogP contribution in [0.25, 0.3) is 11.6 Å². The Balaban J connectivity index is 2.50. The zero-order chi connectivity index (χ0) is 19.3. The van der Waals surface area contributed by atoms with Crippen LogP contribution in [0, 0.1) is 11.3 Å². The Bertz CT molecular complexity index is 850. The van der Waals surface area contributed by atoms with Gasteiger partial charge in [0.15, 0.2) is 11.5 Å². The molecule has 2 aromatic carbocycles. The van der Waals surface area contributed by atoms with E-state index < -0.39 is 11.7 Å². The van der Waals surface area contributed by atoms with Crippen molar-refractivity contribution in [2.24, 2.45) is 0 Å². The first kappa shape index (κ1) is 19.2. The van der Waals surface area contributed by atoms with E-state index in [0.29, 0.717) is 28.4 Å². The van der Waals surface area contributed by atoms with Crippen LogP contribution in [0.2, 0.25) is 0 Å². The fraction of sp³-hybridized carbons (Fsp3) is 0.211. The molecule has 0 aliphatic carbocycles. The van der Waals surface area contributed by atoms with Crippen LogP contribution in [-0.4, -0.2) is 21.3 Å². The molecular formula is C19H16F3NO3. The Hall–Kier alpha value is -3.14. The monoisotopic (exact) mass is 363 g/mol. The van der Waals surface area contributed by atoms with Crippen molar-refractivity contribution in [3.63, 3.8) is 0 Å². The topological polar surface area (TPSA) is 51.5 Å². The molecule has 0 aliphatic heterocycles. The lowest BCUT2D eigenvalue weighted by Crippen LogP contribution is -2.04. The zero-order valence-electron chi connectivity index (χ0n) is 14.3. The molecule has 2 rings (SSSR count). The van der Waals surface area contributed by atoms with E-state index in [1.807, 2.05) is 6.07 Å². The number of nitriles is 1. The fourth-order valence-electron chi connectivity index (χ4n) is 2.34. The highest BCUT2D eigenvalue weighted by atomic mass is 19.4. The molecule has 4 nitrogen and oxygen atoms in total. The Morgan fingerprint density at radius 2 is 1.46 bits per heavy atom. The molecule has 0 spiro atoms. The molecule has 0 fully saturated rings. The molecule has 2 aromatic rings. The summed E-state index contributed by atoms with van der Waals surface area (Å²) >= 11 is 0. The highest BCUT2D eigenvalue weighted by Crippen LogP contribution is 2.36. The number of halogens is 3. The van der Waals surface area contributed by atoms with Gasteiger partial charge in [-0.1, -0.05) is 12.1 Å². The second kappa shape index (κ2) is 7.83. The Morgan fingerprint density at radius 1 is 0.923 bits per heavy atom. The number of hydrogen-bond donors (Lipinski definition) is 0. The summed E-state index contributed by atoms with van der Waals surface area (Å²) in [6, 6.07) is 9.61. The minimum absolute atomic E-state index is 0.184. The van der Waals surface area contributed by atoms with E-state index in [9.17, 15) is 18.4 Å². The molecule has 0 heterocycles. The van der Waals surface area contributed by atoms with Crippen molar-refractivity contribution >= 4 is 11.6 Å². The first-order chi connectivity index (χ1) is 12.3. The summed E-state index contributed by atoms with van der Waals surface area (Å²) in [6.07, 6.45) is -2.91. The lowest BCUT2D eigenvalue weighted by molar-refractivity contribution is -0.137. The molecule has 26 heavy (non-hydrogen) atoms. The van der Waals surface area contributed by atoms with Gasteiger partial charge in [-0.25, -0.2) is 0 Å². The number of nitrogens with zero attached hydrogens (tertiary/aromatic N) is 1. The summed E-state index contributed by atoms with van der Waals surface area (Å²) in [5, 5.41) is 9.42. The van der Waals surface area contributed by atoms with Crippen LogP contribution in [0.15, 0.2) is 36.4 Å². The third kappa shape index (κ3) is 4.09. The highest BCUT2D eigenvalue weighted by Gasteiger charge is 2.30. The summed E-state index contributed by atoms with van der Waals surface area (Å²) in [5.41, 5.74) is 0.297. The van der Waals surface area contributed by atoms with E-state index in [4.69, 9.17) is 14.2 Å². The first-order valence-electron chi connectivity index (χ1n) is 7.43. The summed E-state index contributed by atoms with van der Waals surface area (Å²) in [5.74, 6) is 1.32. The predicted octanol–water partition coefficient (Wildman–Crippen LogP) is 4.80. The zero-order valence-corrected chi connectivity index (χ0v) is 14.3. The van der Waals surface area contributed by atoms with Crippen LogP contribution in [0.4, 0.5) is 13.2 Å². The maximum atomic E-state index is 12.7. The average Bonchev–Trinajstić information content (AvgIpc) is 2.64. The minimum Gasteiger partial charge on any atom is -0.496 e. The van der Waals surface area contributed by atoms with E-state index in [1.54, 1.807) is 12.1 Å². The molecule has 7 heteroatoms. The first-order valence-corrected chi connectivity index (χ1v) is 7.43. The van der Waals surface area contributed by atoms with Crippen LogP contribution in [0.3, 0.4) is 0 Å². The molecule has 0 unspecified atom stereocenters. The molecule has 0 saturated carbocycles. The molecule has 0 aromatic heterocycles. The van der Waals surface area contributed by atoms with Crippen molar-refractivity contribution in [2.45, 2.75) is 6.18 Å². The maximum absolute atomic E-state index is 12.7. The van der Waals surface area contributed by atoms with Gasteiger partial charge in [-0.15, -0.1) is 0 Å². The molecule has 0 bridgehead atoms. The third-order valence-corrected chi connectivity index (χ3v) is 3.68. The van der Waals surface area contributed by atoms with Crippen LogP contribution in [0.5, 0.6) is 17.2 Å². The number of methoxy groups -OCH3 is 3. The van der Waals surface area contributed by atoms with Crippen molar-refractivity contribution in [3.05, 3.63) is 53.1 Å². The molecular weight excluding hydrogens is 347 g/mol. The molecule has 0 amide bonds. The molecule has 0 radical (unpaired) electrons. The van der Waals surface area contributed by atoms with E-state index in [-0.39, 0.29) is 5.57 Å². The SMILES string of the molecule is COc1cc(OC)c(OC)cc1/C=C(\C#N)c1ccc(C(F)(F)F)cc1. The van der Waals surface area contributed by atoms with Gasteiger partial charge < -0.3 is 14.2 Å². The second-order valence-corrected chi connectivity index (χ2v) is 5.19. The molecule has 0 aliphatic rings. The summed E-state index contributed by atoms with van der Waals surface area (Å²) in [7, 11) is 4.41. The number of allylic oxidation sites excluding steroid dienone is 1. The van der Waals surface area contributed by atoms with Crippen molar-refractivity contribution < 1.29 is 27.4 Å². The fourth-order valence-corrected chi connectivity index (χ4v) is 2.34. The van der Waals surface area contributed by atoms with Gasteiger partial charge in [-0.2, -0.15) is 18.4 Å². The van der Waals surface area contributed by atoms with Crippen molar-refractivity contribution in [1.29, 1.82) is 5.26 Å². The Morgan fingerprint density at radius 3 is 1.92 bits per heavy atom. The van der Waals surface area contributed by atoms with Gasteiger partial charge in [-0.05, 0) is 29.8 Å². The predicted molar refractivity (Wildman–Crippen MR) is 91.0 cm³/mol. The van der Waals surface area contributed by atoms with Gasteiger partial charge in [0.05, 0.1) is 38.5 Å². The Labute approximate surface area is 149 Å². The summed E-state index contributed by atoms with van der Waals surface area (Å²) in [4.78, 5) is 0. The van der Waals surface area contributed by atoms with E-state index >= 15 is 0 Å². The van der Waals surface area contributed by atoms with Crippen LogP contribution in [0.1, 0.15) is 16.7 Å². The molecule has 0 saturated heterocycles. The van der Waals surface area contributed by atoms with Crippen LogP contribution < -0.4 is 14.2 Å². The van der Waals surface area contributed by atoms with Gasteiger partial charge in [0, 0.05) is 11.6 Å². The number of benzene rings is 2. The third-order valence-electron chi connectivity index (χ3n) is 3.68. The van der Waals surface area contributed by atoms with Gasteiger partial charge in [0.25, 0.3) is 0 Å². The molecule has 0 N–H and O–H groups in total. The van der Waals surface area contributed by atoms with Crippen molar-refractivity contribution in [3.8, 4) is 23.3 Å². The maximum Gasteiger partial charge on any atom is 0.416 e. The van der Waals surface area contributed by atoms with E-state index in [0.717, 1.165) is 12.1 Å². The Kier molecular flexibility index (Phi) is 5.78. The normalized spacial score (nSPS) is 11.7. The molecule has 0 atom stereocenters. The quantitative estimate of drug-likeness (QED) is 0.566. The second-order valence-electron chi connectivity index (χ2n) is 5.19. The molecule has 136 valence electrons.